The minimum atomic E-state index is -0.580. The average Bonchev–Trinajstić information content (AvgIpc) is 2.56. The summed E-state index contributed by atoms with van der Waals surface area (Å²) in [6.07, 6.45) is 0.781. The van der Waals surface area contributed by atoms with Crippen LogP contribution in [0.5, 0.6) is 5.75 Å². The van der Waals surface area contributed by atoms with Gasteiger partial charge in [-0.2, -0.15) is 0 Å². The maximum absolute atomic E-state index is 12.2. The van der Waals surface area contributed by atoms with Crippen LogP contribution in [0.2, 0.25) is 10.0 Å². The summed E-state index contributed by atoms with van der Waals surface area (Å²) in [5.41, 5.74) is 0.0574. The molecule has 0 radical (unpaired) electrons. The van der Waals surface area contributed by atoms with Gasteiger partial charge in [-0.1, -0.05) is 30.1 Å². The van der Waals surface area contributed by atoms with Gasteiger partial charge >= 0.3 is 0 Å². The van der Waals surface area contributed by atoms with Crippen LogP contribution in [0.25, 0.3) is 0 Å². The van der Waals surface area contributed by atoms with Gasteiger partial charge in [0.15, 0.2) is 0 Å². The Hall–Kier alpha value is -2.31. The summed E-state index contributed by atoms with van der Waals surface area (Å²) in [5.74, 6) is -0.157. The summed E-state index contributed by atoms with van der Waals surface area (Å²) in [5, 5.41) is 14.3. The summed E-state index contributed by atoms with van der Waals surface area (Å²) >= 11 is 11.7. The van der Waals surface area contributed by atoms with E-state index in [0.29, 0.717) is 17.4 Å². The van der Waals surface area contributed by atoms with Crippen molar-refractivity contribution in [2.24, 2.45) is 0 Å². The van der Waals surface area contributed by atoms with E-state index in [1.54, 1.807) is 6.07 Å². The second-order valence-corrected chi connectivity index (χ2v) is 5.68. The number of rotatable bonds is 6. The zero-order chi connectivity index (χ0) is 17.7. The van der Waals surface area contributed by atoms with Crippen LogP contribution in [0.3, 0.4) is 0 Å². The van der Waals surface area contributed by atoms with E-state index in [2.05, 4.69) is 5.32 Å². The number of carbonyl (C=O) groups is 1. The highest BCUT2D eigenvalue weighted by Crippen LogP contribution is 2.30. The third-order valence-electron chi connectivity index (χ3n) is 3.07. The molecule has 8 heteroatoms. The molecular formula is C16H14Cl2N2O4. The van der Waals surface area contributed by atoms with Crippen LogP contribution in [0.15, 0.2) is 36.4 Å². The second-order valence-electron chi connectivity index (χ2n) is 4.87. The number of carbonyl (C=O) groups excluding carboxylic acids is 1. The van der Waals surface area contributed by atoms with E-state index < -0.39 is 10.8 Å². The fourth-order valence-corrected chi connectivity index (χ4v) is 2.21. The zero-order valence-electron chi connectivity index (χ0n) is 12.7. The molecule has 1 N–H and O–H groups in total. The second kappa shape index (κ2) is 7.99. The van der Waals surface area contributed by atoms with Gasteiger partial charge in [-0.15, -0.1) is 0 Å². The van der Waals surface area contributed by atoms with Crippen molar-refractivity contribution in [1.82, 2.24) is 0 Å². The highest BCUT2D eigenvalue weighted by atomic mass is 35.5. The van der Waals surface area contributed by atoms with Crippen LogP contribution in [-0.2, 0) is 0 Å². The van der Waals surface area contributed by atoms with Crippen LogP contribution in [0.1, 0.15) is 23.7 Å². The van der Waals surface area contributed by atoms with E-state index in [1.807, 2.05) is 6.92 Å². The van der Waals surface area contributed by atoms with Crippen molar-refractivity contribution in [3.63, 3.8) is 0 Å². The molecule has 0 atom stereocenters. The summed E-state index contributed by atoms with van der Waals surface area (Å²) in [4.78, 5) is 22.9. The molecule has 0 saturated heterocycles. The van der Waals surface area contributed by atoms with Crippen molar-refractivity contribution in [3.8, 4) is 5.75 Å². The van der Waals surface area contributed by atoms with Gasteiger partial charge in [0.05, 0.1) is 27.6 Å². The Bertz CT molecular complexity index is 781. The van der Waals surface area contributed by atoms with Crippen LogP contribution in [0, 0.1) is 10.1 Å². The zero-order valence-corrected chi connectivity index (χ0v) is 14.2. The summed E-state index contributed by atoms with van der Waals surface area (Å²) in [6.45, 7) is 2.38. The Labute approximate surface area is 148 Å². The Morgan fingerprint density at radius 2 is 1.96 bits per heavy atom. The average molecular weight is 369 g/mol. The van der Waals surface area contributed by atoms with Crippen LogP contribution in [0.4, 0.5) is 11.4 Å². The molecule has 0 aliphatic heterocycles. The number of halogens is 2. The molecule has 0 fully saturated rings. The van der Waals surface area contributed by atoms with Crippen LogP contribution >= 0.6 is 23.2 Å². The third kappa shape index (κ3) is 4.37. The predicted octanol–water partition coefficient (Wildman–Crippen LogP) is 4.94. The number of nitro groups is 1. The van der Waals surface area contributed by atoms with Crippen molar-refractivity contribution in [2.45, 2.75) is 13.3 Å². The Balaban J connectivity index is 2.25. The molecule has 0 aliphatic carbocycles. The molecular weight excluding hydrogens is 355 g/mol. The molecule has 0 heterocycles. The molecule has 126 valence electrons. The largest absolute Gasteiger partial charge is 0.493 e. The van der Waals surface area contributed by atoms with Gasteiger partial charge < -0.3 is 10.1 Å². The van der Waals surface area contributed by atoms with Crippen molar-refractivity contribution < 1.29 is 14.5 Å². The lowest BCUT2D eigenvalue weighted by molar-refractivity contribution is -0.384. The molecule has 2 aromatic carbocycles. The molecule has 0 spiro atoms. The number of hydrogen-bond acceptors (Lipinski definition) is 4. The maximum atomic E-state index is 12.2. The molecule has 1 amide bonds. The van der Waals surface area contributed by atoms with Gasteiger partial charge in [-0.05, 0) is 36.8 Å². The molecule has 6 nitrogen and oxygen atoms in total. The number of nitrogens with zero attached hydrogens (tertiary/aromatic N) is 1. The first-order chi connectivity index (χ1) is 11.4. The molecule has 24 heavy (non-hydrogen) atoms. The minimum absolute atomic E-state index is 0.0694. The first-order valence-electron chi connectivity index (χ1n) is 7.10. The standard InChI is InChI=1S/C16H14Cl2N2O4/c1-2-7-24-11-4-6-14(15(9-11)20(22)23)19-16(21)10-3-5-12(17)13(18)8-10/h3-6,8-9H,2,7H2,1H3,(H,19,21). The van der Waals surface area contributed by atoms with Crippen LogP contribution < -0.4 is 10.1 Å². The molecule has 2 aromatic rings. The van der Waals surface area contributed by atoms with Gasteiger partial charge in [-0.3, -0.25) is 14.9 Å². The fraction of sp³-hybridized carbons (Fsp3) is 0.188. The van der Waals surface area contributed by atoms with E-state index in [-0.39, 0.29) is 22.0 Å². The number of nitro benzene ring substituents is 1. The van der Waals surface area contributed by atoms with Gasteiger partial charge in [0.25, 0.3) is 11.6 Å². The lowest BCUT2D eigenvalue weighted by Gasteiger charge is -2.09. The number of hydrogen-bond donors (Lipinski definition) is 1. The Morgan fingerprint density at radius 3 is 2.58 bits per heavy atom. The first-order valence-corrected chi connectivity index (χ1v) is 7.85. The number of benzene rings is 2. The quantitative estimate of drug-likeness (QED) is 0.577. The van der Waals surface area contributed by atoms with Crippen molar-refractivity contribution in [2.75, 3.05) is 11.9 Å². The van der Waals surface area contributed by atoms with Crippen molar-refractivity contribution in [1.29, 1.82) is 0 Å². The first kappa shape index (κ1) is 18.0. The van der Waals surface area contributed by atoms with Gasteiger partial charge in [0.1, 0.15) is 11.4 Å². The highest BCUT2D eigenvalue weighted by molar-refractivity contribution is 6.42. The molecule has 0 aromatic heterocycles. The van der Waals surface area contributed by atoms with E-state index in [1.165, 1.54) is 30.3 Å². The smallest absolute Gasteiger partial charge is 0.296 e. The number of nitrogens with one attached hydrogen (secondary N) is 1. The monoisotopic (exact) mass is 368 g/mol. The summed E-state index contributed by atoms with van der Waals surface area (Å²) < 4.78 is 5.37. The highest BCUT2D eigenvalue weighted by Gasteiger charge is 2.18. The number of anilines is 1. The van der Waals surface area contributed by atoms with Crippen LogP contribution in [-0.4, -0.2) is 17.4 Å². The lowest BCUT2D eigenvalue weighted by Crippen LogP contribution is -2.13. The third-order valence-corrected chi connectivity index (χ3v) is 3.81. The minimum Gasteiger partial charge on any atom is -0.493 e. The molecule has 2 rings (SSSR count). The van der Waals surface area contributed by atoms with E-state index >= 15 is 0 Å². The molecule has 0 unspecified atom stereocenters. The summed E-state index contributed by atoms with van der Waals surface area (Å²) in [7, 11) is 0. The van der Waals surface area contributed by atoms with Gasteiger partial charge in [-0.25, -0.2) is 0 Å². The van der Waals surface area contributed by atoms with E-state index in [0.717, 1.165) is 6.42 Å². The predicted molar refractivity (Wildman–Crippen MR) is 93.3 cm³/mol. The normalized spacial score (nSPS) is 10.3. The van der Waals surface area contributed by atoms with Crippen molar-refractivity contribution >= 4 is 40.5 Å². The molecule has 0 aliphatic rings. The Kier molecular flexibility index (Phi) is 6.00. The SMILES string of the molecule is CCCOc1ccc(NC(=O)c2ccc(Cl)c(Cl)c2)c([N+](=O)[O-])c1. The van der Waals surface area contributed by atoms with Gasteiger partial charge in [0.2, 0.25) is 0 Å². The molecule has 0 bridgehead atoms. The van der Waals surface area contributed by atoms with E-state index in [4.69, 9.17) is 27.9 Å². The topological polar surface area (TPSA) is 81.5 Å². The number of amides is 1. The van der Waals surface area contributed by atoms with E-state index in [9.17, 15) is 14.9 Å². The lowest BCUT2D eigenvalue weighted by atomic mass is 10.2. The van der Waals surface area contributed by atoms with Crippen molar-refractivity contribution in [3.05, 3.63) is 62.1 Å². The number of ether oxygens (including phenoxy) is 1. The Morgan fingerprint density at radius 1 is 1.21 bits per heavy atom. The fourth-order valence-electron chi connectivity index (χ4n) is 1.91. The maximum Gasteiger partial charge on any atom is 0.296 e. The molecule has 0 saturated carbocycles. The van der Waals surface area contributed by atoms with Gasteiger partial charge in [0, 0.05) is 5.56 Å². The summed E-state index contributed by atoms with van der Waals surface area (Å²) in [6, 6.07) is 8.62.